The summed E-state index contributed by atoms with van der Waals surface area (Å²) in [5.41, 5.74) is 5.18. The molecule has 0 radical (unpaired) electrons. The molecule has 0 atom stereocenters. The maximum absolute atomic E-state index is 12.9. The van der Waals surface area contributed by atoms with E-state index in [9.17, 15) is 9.59 Å². The molecule has 0 saturated carbocycles. The summed E-state index contributed by atoms with van der Waals surface area (Å²) in [5, 5.41) is 1.80. The molecule has 2 saturated heterocycles. The van der Waals surface area contributed by atoms with E-state index in [1.54, 1.807) is 10.9 Å². The number of aromatic nitrogens is 1. The van der Waals surface area contributed by atoms with Crippen LogP contribution in [0.15, 0.2) is 63.9 Å². The maximum Gasteiger partial charge on any atom is 0.273 e. The molecule has 0 spiro atoms. The lowest BCUT2D eigenvalue weighted by Gasteiger charge is -2.48. The molecule has 2 aromatic carbocycles. The first-order chi connectivity index (χ1) is 15.6. The highest BCUT2D eigenvalue weighted by molar-refractivity contribution is 9.10. The fourth-order valence-electron chi connectivity index (χ4n) is 4.25. The van der Waals surface area contributed by atoms with Gasteiger partial charge in [-0.15, -0.1) is 11.3 Å². The fourth-order valence-corrected chi connectivity index (χ4v) is 5.04. The van der Waals surface area contributed by atoms with Crippen LogP contribution in [0.4, 0.5) is 0 Å². The van der Waals surface area contributed by atoms with E-state index in [4.69, 9.17) is 0 Å². The molecule has 2 fully saturated rings. The average Bonchev–Trinajstić information content (AvgIpc) is 3.34. The number of nitrogens with zero attached hydrogens (tertiary/aromatic N) is 4. The number of carbonyl (C=O) groups is 2. The number of thiazole rings is 1. The van der Waals surface area contributed by atoms with Crippen LogP contribution in [0.5, 0.6) is 0 Å². The first-order valence-electron chi connectivity index (χ1n) is 10.7. The van der Waals surface area contributed by atoms with E-state index in [1.807, 2.05) is 46.2 Å². The monoisotopic (exact) mass is 510 g/mol. The van der Waals surface area contributed by atoms with E-state index in [2.05, 4.69) is 37.9 Å². The van der Waals surface area contributed by atoms with Gasteiger partial charge in [-0.25, -0.2) is 4.98 Å². The molecule has 0 aliphatic carbocycles. The zero-order chi connectivity index (χ0) is 22.1. The molecule has 0 unspecified atom stereocenters. The van der Waals surface area contributed by atoms with Crippen molar-refractivity contribution in [3.63, 3.8) is 0 Å². The van der Waals surface area contributed by atoms with Crippen molar-refractivity contribution < 1.29 is 9.59 Å². The summed E-state index contributed by atoms with van der Waals surface area (Å²) in [6.45, 7) is 4.58. The molecule has 8 heteroatoms. The lowest BCUT2D eigenvalue weighted by atomic mass is 10.0. The number of hydrogen-bond donors (Lipinski definition) is 0. The summed E-state index contributed by atoms with van der Waals surface area (Å²) in [4.78, 5) is 35.6. The van der Waals surface area contributed by atoms with Gasteiger partial charge in [-0.3, -0.25) is 14.5 Å². The van der Waals surface area contributed by atoms with Crippen molar-refractivity contribution in [3.8, 4) is 11.1 Å². The van der Waals surface area contributed by atoms with Gasteiger partial charge in [0.15, 0.2) is 0 Å². The van der Waals surface area contributed by atoms with Crippen LogP contribution in [0.2, 0.25) is 0 Å². The second-order valence-corrected chi connectivity index (χ2v) is 9.78. The Morgan fingerprint density at radius 3 is 2.06 bits per heavy atom. The number of hydrogen-bond acceptors (Lipinski definition) is 5. The minimum Gasteiger partial charge on any atom is -0.335 e. The van der Waals surface area contributed by atoms with E-state index in [1.165, 1.54) is 11.3 Å². The van der Waals surface area contributed by atoms with Gasteiger partial charge in [0, 0.05) is 60.7 Å². The minimum atomic E-state index is 0.0166. The van der Waals surface area contributed by atoms with Crippen molar-refractivity contribution in [1.82, 2.24) is 19.7 Å². The van der Waals surface area contributed by atoms with Gasteiger partial charge in [0.2, 0.25) is 0 Å². The van der Waals surface area contributed by atoms with Crippen LogP contribution in [-0.4, -0.2) is 76.8 Å². The molecule has 164 valence electrons. The molecule has 1 aromatic heterocycles. The van der Waals surface area contributed by atoms with Gasteiger partial charge in [-0.2, -0.15) is 0 Å². The van der Waals surface area contributed by atoms with E-state index < -0.39 is 0 Å². The van der Waals surface area contributed by atoms with Gasteiger partial charge in [0.05, 0.1) is 5.51 Å². The Balaban J connectivity index is 1.12. The Morgan fingerprint density at radius 2 is 1.47 bits per heavy atom. The van der Waals surface area contributed by atoms with Crippen LogP contribution in [0, 0.1) is 0 Å². The molecule has 0 N–H and O–H groups in total. The summed E-state index contributed by atoms with van der Waals surface area (Å²) in [5.74, 6) is 0.101. The average molecular weight is 511 g/mol. The molecular weight excluding hydrogens is 488 g/mol. The summed E-state index contributed by atoms with van der Waals surface area (Å²) in [7, 11) is 0. The van der Waals surface area contributed by atoms with Crippen LogP contribution in [-0.2, 0) is 0 Å². The quantitative estimate of drug-likeness (QED) is 0.534. The predicted molar refractivity (Wildman–Crippen MR) is 129 cm³/mol. The Kier molecular flexibility index (Phi) is 6.08. The molecule has 5 rings (SSSR count). The highest BCUT2D eigenvalue weighted by Gasteiger charge is 2.37. The number of piperazine rings is 1. The number of carbonyl (C=O) groups excluding carboxylic acids is 2. The zero-order valence-electron chi connectivity index (χ0n) is 17.5. The highest BCUT2D eigenvalue weighted by Crippen LogP contribution is 2.24. The molecule has 2 aliphatic rings. The number of rotatable bonds is 4. The smallest absolute Gasteiger partial charge is 0.273 e. The van der Waals surface area contributed by atoms with Gasteiger partial charge >= 0.3 is 0 Å². The van der Waals surface area contributed by atoms with Gasteiger partial charge in [0.1, 0.15) is 5.69 Å². The highest BCUT2D eigenvalue weighted by atomic mass is 79.9. The zero-order valence-corrected chi connectivity index (χ0v) is 19.9. The largest absolute Gasteiger partial charge is 0.335 e. The number of likely N-dealkylation sites (tertiary alicyclic amines) is 1. The summed E-state index contributed by atoms with van der Waals surface area (Å²) in [6.07, 6.45) is 0. The Hall–Kier alpha value is -2.55. The molecule has 32 heavy (non-hydrogen) atoms. The minimum absolute atomic E-state index is 0.0166. The van der Waals surface area contributed by atoms with E-state index in [0.717, 1.165) is 47.3 Å². The lowest BCUT2D eigenvalue weighted by Crippen LogP contribution is -2.64. The molecule has 2 aliphatic heterocycles. The number of benzene rings is 2. The first-order valence-corrected chi connectivity index (χ1v) is 12.4. The van der Waals surface area contributed by atoms with Gasteiger partial charge in [0.25, 0.3) is 11.8 Å². The van der Waals surface area contributed by atoms with Crippen LogP contribution < -0.4 is 0 Å². The lowest BCUT2D eigenvalue weighted by molar-refractivity contribution is 0.00844. The van der Waals surface area contributed by atoms with Crippen LogP contribution in [0.3, 0.4) is 0 Å². The van der Waals surface area contributed by atoms with Crippen LogP contribution in [0.25, 0.3) is 11.1 Å². The van der Waals surface area contributed by atoms with E-state index >= 15 is 0 Å². The third kappa shape index (κ3) is 4.35. The van der Waals surface area contributed by atoms with Crippen LogP contribution in [0.1, 0.15) is 20.8 Å². The molecular formula is C24H23BrN4O2S. The van der Waals surface area contributed by atoms with Gasteiger partial charge in [-0.05, 0) is 35.4 Å². The molecule has 3 heterocycles. The summed E-state index contributed by atoms with van der Waals surface area (Å²) in [6, 6.07) is 16.4. The Labute approximate surface area is 199 Å². The van der Waals surface area contributed by atoms with Crippen molar-refractivity contribution in [1.29, 1.82) is 0 Å². The third-order valence-electron chi connectivity index (χ3n) is 6.23. The standard InChI is InChI=1S/C24H23BrN4O2S/c25-20-7-5-18(6-8-20)17-1-3-19(4-2-17)23(30)29-13-21(14-29)27-9-11-28(12-10-27)24(31)22-15-32-16-26-22/h1-8,15-16,21H,9-14H2. The van der Waals surface area contributed by atoms with Crippen molar-refractivity contribution in [2.75, 3.05) is 39.3 Å². The number of amides is 2. The van der Waals surface area contributed by atoms with Gasteiger partial charge < -0.3 is 9.80 Å². The second-order valence-electron chi connectivity index (χ2n) is 8.15. The fraction of sp³-hybridized carbons (Fsp3) is 0.292. The Bertz CT molecular complexity index is 1090. The SMILES string of the molecule is O=C(c1ccc(-c2ccc(Br)cc2)cc1)N1CC(N2CCN(C(=O)c3cscn3)CC2)C1. The topological polar surface area (TPSA) is 56.8 Å². The van der Waals surface area contributed by atoms with E-state index in [-0.39, 0.29) is 11.8 Å². The van der Waals surface area contributed by atoms with Gasteiger partial charge in [-0.1, -0.05) is 40.2 Å². The predicted octanol–water partition coefficient (Wildman–Crippen LogP) is 3.86. The maximum atomic E-state index is 12.9. The Morgan fingerprint density at radius 1 is 0.844 bits per heavy atom. The summed E-state index contributed by atoms with van der Waals surface area (Å²) >= 11 is 4.90. The molecule has 2 amide bonds. The first kappa shape index (κ1) is 21.3. The third-order valence-corrected chi connectivity index (χ3v) is 7.34. The van der Waals surface area contributed by atoms with Crippen molar-refractivity contribution in [2.45, 2.75) is 6.04 Å². The summed E-state index contributed by atoms with van der Waals surface area (Å²) < 4.78 is 1.05. The molecule has 6 nitrogen and oxygen atoms in total. The molecule has 3 aromatic rings. The molecule has 0 bridgehead atoms. The van der Waals surface area contributed by atoms with Crippen molar-refractivity contribution >= 4 is 39.1 Å². The van der Waals surface area contributed by atoms with Crippen molar-refractivity contribution in [2.24, 2.45) is 0 Å². The second kappa shape index (κ2) is 9.13. The van der Waals surface area contributed by atoms with Crippen LogP contribution >= 0.6 is 27.3 Å². The normalized spacial score (nSPS) is 17.3. The number of halogens is 1. The van der Waals surface area contributed by atoms with E-state index in [0.29, 0.717) is 24.8 Å². The van der Waals surface area contributed by atoms with Crippen molar-refractivity contribution in [3.05, 3.63) is 75.2 Å².